The molecule has 0 aliphatic heterocycles. The summed E-state index contributed by atoms with van der Waals surface area (Å²) in [4.78, 5) is 0. The van der Waals surface area contributed by atoms with Crippen LogP contribution >= 0.6 is 0 Å². The van der Waals surface area contributed by atoms with Crippen molar-refractivity contribution in [1.29, 1.82) is 0 Å². The predicted octanol–water partition coefficient (Wildman–Crippen LogP) is 4.44. The fraction of sp³-hybridized carbons (Fsp3) is 0.833. The molecule has 0 aliphatic carbocycles. The fourth-order valence-electron chi connectivity index (χ4n) is 1.07. The molecule has 0 N–H and O–H groups in total. The molecule has 0 saturated heterocycles. The Labute approximate surface area is 98.1 Å². The molecule has 1 nitrogen and oxygen atoms in total. The van der Waals surface area contributed by atoms with Crippen LogP contribution in [0.15, 0.2) is 12.7 Å². The Morgan fingerprint density at radius 2 is 1.47 bits per heavy atom. The van der Waals surface area contributed by atoms with Crippen LogP contribution in [0.25, 0.3) is 0 Å². The summed E-state index contributed by atoms with van der Waals surface area (Å²) in [6.07, 6.45) is 2.01. The molecular formula is C12H28OSi2. The first-order chi connectivity index (χ1) is 6.42. The molecule has 90 valence electrons. The van der Waals surface area contributed by atoms with Crippen LogP contribution in [0.1, 0.15) is 20.8 Å². The summed E-state index contributed by atoms with van der Waals surface area (Å²) >= 11 is 0. The number of hydrogen-bond donors (Lipinski definition) is 0. The second-order valence-electron chi connectivity index (χ2n) is 6.90. The van der Waals surface area contributed by atoms with Crippen molar-refractivity contribution in [3.63, 3.8) is 0 Å². The quantitative estimate of drug-likeness (QED) is 0.525. The van der Waals surface area contributed by atoms with Gasteiger partial charge in [0.25, 0.3) is 0 Å². The molecule has 0 spiro atoms. The zero-order valence-electron chi connectivity index (χ0n) is 11.8. The van der Waals surface area contributed by atoms with E-state index < -0.39 is 16.4 Å². The van der Waals surface area contributed by atoms with E-state index in [1.54, 1.807) is 0 Å². The maximum Gasteiger partial charge on any atom is 0.192 e. The van der Waals surface area contributed by atoms with Crippen molar-refractivity contribution < 1.29 is 4.43 Å². The molecule has 0 radical (unpaired) electrons. The molecule has 0 aromatic carbocycles. The lowest BCUT2D eigenvalue weighted by Gasteiger charge is -2.41. The lowest BCUT2D eigenvalue weighted by molar-refractivity contribution is 0.285. The number of rotatable bonds is 4. The summed E-state index contributed by atoms with van der Waals surface area (Å²) in [5, 5.41) is 0.286. The maximum absolute atomic E-state index is 6.40. The Bertz CT molecular complexity index is 221. The van der Waals surface area contributed by atoms with Crippen LogP contribution in [0.2, 0.25) is 37.8 Å². The van der Waals surface area contributed by atoms with Gasteiger partial charge in [-0.05, 0) is 18.1 Å². The SMILES string of the molecule is C=CC(O[Si](C)(C)C(C)(C)C)[Si](C)(C)C. The van der Waals surface area contributed by atoms with Gasteiger partial charge in [-0.2, -0.15) is 0 Å². The second kappa shape index (κ2) is 4.56. The molecule has 1 unspecified atom stereocenters. The van der Waals surface area contributed by atoms with E-state index in [9.17, 15) is 0 Å². The Kier molecular flexibility index (Phi) is 4.60. The third kappa shape index (κ3) is 4.25. The van der Waals surface area contributed by atoms with Gasteiger partial charge in [0.15, 0.2) is 8.32 Å². The van der Waals surface area contributed by atoms with Crippen molar-refractivity contribution in [2.24, 2.45) is 0 Å². The molecule has 3 heteroatoms. The van der Waals surface area contributed by atoms with Crippen LogP contribution < -0.4 is 0 Å². The van der Waals surface area contributed by atoms with Crippen molar-refractivity contribution in [3.05, 3.63) is 12.7 Å². The molecule has 0 amide bonds. The molecule has 0 aromatic heterocycles. The van der Waals surface area contributed by atoms with E-state index in [2.05, 4.69) is 60.1 Å². The topological polar surface area (TPSA) is 9.23 Å². The van der Waals surface area contributed by atoms with E-state index in [0.717, 1.165) is 0 Å². The Morgan fingerprint density at radius 1 is 1.07 bits per heavy atom. The van der Waals surface area contributed by atoms with E-state index in [-0.39, 0.29) is 5.04 Å². The highest BCUT2D eigenvalue weighted by atomic mass is 28.4. The molecule has 0 heterocycles. The van der Waals surface area contributed by atoms with Gasteiger partial charge < -0.3 is 4.43 Å². The van der Waals surface area contributed by atoms with Crippen LogP contribution in [-0.4, -0.2) is 22.1 Å². The maximum atomic E-state index is 6.40. The zero-order valence-corrected chi connectivity index (χ0v) is 13.8. The molecule has 0 aromatic rings. The minimum Gasteiger partial charge on any atom is -0.413 e. The first-order valence-corrected chi connectivity index (χ1v) is 12.2. The first-order valence-electron chi connectivity index (χ1n) is 5.72. The van der Waals surface area contributed by atoms with Crippen molar-refractivity contribution in [2.75, 3.05) is 0 Å². The third-order valence-corrected chi connectivity index (χ3v) is 10.0. The minimum atomic E-state index is -1.64. The summed E-state index contributed by atoms with van der Waals surface area (Å²) < 4.78 is 6.40. The van der Waals surface area contributed by atoms with Crippen LogP contribution in [0.5, 0.6) is 0 Å². The standard InChI is InChI=1S/C12H28OSi2/c1-10-11(14(5,6)7)13-15(8,9)12(2,3)4/h10-11H,1H2,2-9H3. The van der Waals surface area contributed by atoms with Gasteiger partial charge in [0.05, 0.1) is 13.8 Å². The molecule has 1 atom stereocenters. The van der Waals surface area contributed by atoms with Crippen molar-refractivity contribution >= 4 is 16.4 Å². The van der Waals surface area contributed by atoms with Gasteiger partial charge >= 0.3 is 0 Å². The monoisotopic (exact) mass is 244 g/mol. The van der Waals surface area contributed by atoms with E-state index in [1.165, 1.54) is 0 Å². The average Bonchev–Trinajstić information content (AvgIpc) is 1.95. The highest BCUT2D eigenvalue weighted by Crippen LogP contribution is 2.38. The van der Waals surface area contributed by atoms with Crippen LogP contribution in [0, 0.1) is 0 Å². The molecule has 0 bridgehead atoms. The van der Waals surface area contributed by atoms with Crippen molar-refractivity contribution in [3.8, 4) is 0 Å². The third-order valence-electron chi connectivity index (χ3n) is 3.30. The van der Waals surface area contributed by atoms with Gasteiger partial charge in [-0.15, -0.1) is 6.58 Å². The predicted molar refractivity (Wildman–Crippen MR) is 75.6 cm³/mol. The summed E-state index contributed by atoms with van der Waals surface area (Å²) in [7, 11) is -2.92. The first kappa shape index (κ1) is 15.1. The van der Waals surface area contributed by atoms with Crippen LogP contribution in [0.3, 0.4) is 0 Å². The molecular weight excluding hydrogens is 216 g/mol. The largest absolute Gasteiger partial charge is 0.413 e. The Hall–Kier alpha value is 0.134. The van der Waals surface area contributed by atoms with Gasteiger partial charge in [0.2, 0.25) is 0 Å². The van der Waals surface area contributed by atoms with Gasteiger partial charge in [-0.1, -0.05) is 46.5 Å². The van der Waals surface area contributed by atoms with Gasteiger partial charge in [-0.3, -0.25) is 0 Å². The Balaban J connectivity index is 4.78. The molecule has 0 rings (SSSR count). The summed E-state index contributed by atoms with van der Waals surface area (Å²) in [5.41, 5.74) is 0.290. The molecule has 15 heavy (non-hydrogen) atoms. The summed E-state index contributed by atoms with van der Waals surface area (Å²) in [6, 6.07) is 0. The number of hydrogen-bond acceptors (Lipinski definition) is 1. The van der Waals surface area contributed by atoms with Crippen LogP contribution in [-0.2, 0) is 4.43 Å². The second-order valence-corrected chi connectivity index (χ2v) is 17.0. The van der Waals surface area contributed by atoms with Gasteiger partial charge in [-0.25, -0.2) is 0 Å². The van der Waals surface area contributed by atoms with Gasteiger partial charge in [0, 0.05) is 0 Å². The summed E-state index contributed by atoms with van der Waals surface area (Å²) in [6.45, 7) is 22.4. The lowest BCUT2D eigenvalue weighted by atomic mass is 10.2. The highest BCUT2D eigenvalue weighted by molar-refractivity contribution is 6.80. The normalized spacial score (nSPS) is 16.3. The van der Waals surface area contributed by atoms with E-state index in [0.29, 0.717) is 5.73 Å². The van der Waals surface area contributed by atoms with Crippen molar-refractivity contribution in [1.82, 2.24) is 0 Å². The van der Waals surface area contributed by atoms with E-state index >= 15 is 0 Å². The van der Waals surface area contributed by atoms with Crippen LogP contribution in [0.4, 0.5) is 0 Å². The zero-order chi connectivity index (χ0) is 12.5. The van der Waals surface area contributed by atoms with E-state index in [4.69, 9.17) is 4.43 Å². The summed E-state index contributed by atoms with van der Waals surface area (Å²) in [5.74, 6) is 0. The van der Waals surface area contributed by atoms with E-state index in [1.807, 2.05) is 6.08 Å². The highest BCUT2D eigenvalue weighted by Gasteiger charge is 2.41. The smallest absolute Gasteiger partial charge is 0.192 e. The fourth-order valence-corrected chi connectivity index (χ4v) is 5.16. The van der Waals surface area contributed by atoms with Crippen molar-refractivity contribution in [2.45, 2.75) is 64.3 Å². The molecule has 0 aliphatic rings. The Morgan fingerprint density at radius 3 is 1.67 bits per heavy atom. The minimum absolute atomic E-state index is 0.286. The molecule has 0 fully saturated rings. The molecule has 0 saturated carbocycles. The average molecular weight is 245 g/mol. The van der Waals surface area contributed by atoms with Gasteiger partial charge in [0.1, 0.15) is 0 Å². The lowest BCUT2D eigenvalue weighted by Crippen LogP contribution is -2.50.